The van der Waals surface area contributed by atoms with Crippen molar-refractivity contribution in [2.45, 2.75) is 26.5 Å². The van der Waals surface area contributed by atoms with Crippen LogP contribution in [0.3, 0.4) is 0 Å². The Hall–Kier alpha value is -2.76. The molecule has 6 nitrogen and oxygen atoms in total. The fourth-order valence-corrected chi connectivity index (χ4v) is 2.82. The molecule has 1 aromatic carbocycles. The van der Waals surface area contributed by atoms with Gasteiger partial charge in [-0.3, -0.25) is 4.79 Å². The summed E-state index contributed by atoms with van der Waals surface area (Å²) in [5.41, 5.74) is 0.983. The highest BCUT2D eigenvalue weighted by Crippen LogP contribution is 2.30. The molecule has 25 heavy (non-hydrogen) atoms. The number of aromatic nitrogens is 1. The van der Waals surface area contributed by atoms with Gasteiger partial charge in [0.2, 0.25) is 6.10 Å². The molecule has 0 radical (unpaired) electrons. The predicted molar refractivity (Wildman–Crippen MR) is 96.0 cm³/mol. The van der Waals surface area contributed by atoms with E-state index in [1.165, 1.54) is 0 Å². The lowest BCUT2D eigenvalue weighted by molar-refractivity contribution is -0.130. The van der Waals surface area contributed by atoms with Gasteiger partial charge in [-0.1, -0.05) is 18.2 Å². The van der Waals surface area contributed by atoms with Crippen molar-refractivity contribution in [3.8, 4) is 11.5 Å². The predicted octanol–water partition coefficient (Wildman–Crippen LogP) is 2.38. The minimum atomic E-state index is -0.650. The smallest absolute Gasteiger partial charge is 0.264 e. The lowest BCUT2D eigenvalue weighted by Crippen LogP contribution is -2.43. The molecule has 1 N–H and O–H groups in total. The first kappa shape index (κ1) is 17.1. The fraction of sp³-hybridized carbons (Fsp3) is 0.368. The van der Waals surface area contributed by atoms with Gasteiger partial charge in [0.1, 0.15) is 12.4 Å². The van der Waals surface area contributed by atoms with Crippen LogP contribution in [0.2, 0.25) is 0 Å². The van der Waals surface area contributed by atoms with Gasteiger partial charge in [-0.15, -0.1) is 0 Å². The summed E-state index contributed by atoms with van der Waals surface area (Å²) in [6.07, 6.45) is 1.12. The maximum absolute atomic E-state index is 12.5. The van der Waals surface area contributed by atoms with Crippen LogP contribution in [0.1, 0.15) is 19.4 Å². The summed E-state index contributed by atoms with van der Waals surface area (Å²) in [5.74, 6) is 1.98. The van der Waals surface area contributed by atoms with Gasteiger partial charge in [0.25, 0.3) is 5.91 Å². The van der Waals surface area contributed by atoms with Crippen molar-refractivity contribution in [2.24, 2.45) is 0 Å². The molecule has 2 aromatic rings. The maximum Gasteiger partial charge on any atom is 0.264 e. The summed E-state index contributed by atoms with van der Waals surface area (Å²) >= 11 is 0. The Bertz CT molecular complexity index is 731. The van der Waals surface area contributed by atoms with Gasteiger partial charge in [0.15, 0.2) is 11.5 Å². The SMILES string of the molecule is CCN(CC)c1ncccc1CNC(=O)[C@@H]1COc2ccccc2O1. The summed E-state index contributed by atoms with van der Waals surface area (Å²) in [5, 5.41) is 2.93. The molecule has 0 saturated heterocycles. The van der Waals surface area contributed by atoms with Crippen molar-refractivity contribution < 1.29 is 14.3 Å². The molecule has 0 spiro atoms. The lowest BCUT2D eigenvalue weighted by atomic mass is 10.2. The zero-order chi connectivity index (χ0) is 17.6. The number of carbonyl (C=O) groups is 1. The second-order valence-corrected chi connectivity index (χ2v) is 5.74. The number of benzene rings is 1. The number of nitrogens with zero attached hydrogens (tertiary/aromatic N) is 2. The van der Waals surface area contributed by atoms with E-state index in [1.54, 1.807) is 12.3 Å². The molecule has 0 unspecified atom stereocenters. The molecular weight excluding hydrogens is 318 g/mol. The standard InChI is InChI=1S/C19H23N3O3/c1-3-22(4-2)18-14(8-7-11-20-18)12-21-19(23)17-13-24-15-9-5-6-10-16(15)25-17/h5-11,17H,3-4,12-13H2,1-2H3,(H,21,23)/t17-/m0/s1. The van der Waals surface area contributed by atoms with Gasteiger partial charge in [-0.05, 0) is 32.0 Å². The molecule has 132 valence electrons. The first-order valence-corrected chi connectivity index (χ1v) is 8.58. The molecular formula is C19H23N3O3. The van der Waals surface area contributed by atoms with Gasteiger partial charge in [0.05, 0.1) is 0 Å². The van der Waals surface area contributed by atoms with Crippen LogP contribution >= 0.6 is 0 Å². The highest BCUT2D eigenvalue weighted by atomic mass is 16.6. The average molecular weight is 341 g/mol. The number of amides is 1. The van der Waals surface area contributed by atoms with E-state index in [0.29, 0.717) is 18.0 Å². The largest absolute Gasteiger partial charge is 0.485 e. The van der Waals surface area contributed by atoms with Crippen LogP contribution in [0, 0.1) is 0 Å². The van der Waals surface area contributed by atoms with E-state index >= 15 is 0 Å². The first-order valence-electron chi connectivity index (χ1n) is 8.58. The molecule has 1 aliphatic heterocycles. The van der Waals surface area contributed by atoms with Gasteiger partial charge in [-0.25, -0.2) is 4.98 Å². The van der Waals surface area contributed by atoms with Crippen LogP contribution < -0.4 is 19.7 Å². The number of hydrogen-bond acceptors (Lipinski definition) is 5. The quantitative estimate of drug-likeness (QED) is 0.874. The van der Waals surface area contributed by atoms with Crippen LogP contribution in [0.15, 0.2) is 42.6 Å². The van der Waals surface area contributed by atoms with Gasteiger partial charge >= 0.3 is 0 Å². The summed E-state index contributed by atoms with van der Waals surface area (Å²) < 4.78 is 11.3. The van der Waals surface area contributed by atoms with Gasteiger partial charge in [-0.2, -0.15) is 0 Å². The molecule has 6 heteroatoms. The number of nitrogens with one attached hydrogen (secondary N) is 1. The lowest BCUT2D eigenvalue weighted by Gasteiger charge is -2.26. The number of rotatable bonds is 6. The van der Waals surface area contributed by atoms with Crippen LogP contribution in [0.25, 0.3) is 0 Å². The minimum Gasteiger partial charge on any atom is -0.485 e. The average Bonchev–Trinajstić information content (AvgIpc) is 2.67. The monoisotopic (exact) mass is 341 g/mol. The number of carbonyl (C=O) groups excluding carboxylic acids is 1. The minimum absolute atomic E-state index is 0.191. The Morgan fingerprint density at radius 3 is 2.72 bits per heavy atom. The molecule has 1 aromatic heterocycles. The topological polar surface area (TPSA) is 63.7 Å². The Morgan fingerprint density at radius 2 is 1.96 bits per heavy atom. The summed E-state index contributed by atoms with van der Waals surface area (Å²) in [6.45, 7) is 6.52. The number of hydrogen-bond donors (Lipinski definition) is 1. The normalized spacial score (nSPS) is 15.5. The van der Waals surface area contributed by atoms with Crippen LogP contribution in [-0.2, 0) is 11.3 Å². The molecule has 1 aliphatic rings. The third-order valence-corrected chi connectivity index (χ3v) is 4.18. The number of para-hydroxylation sites is 2. The Kier molecular flexibility index (Phi) is 5.38. The Balaban J connectivity index is 1.64. The van der Waals surface area contributed by atoms with E-state index < -0.39 is 6.10 Å². The molecule has 1 atom stereocenters. The van der Waals surface area contributed by atoms with E-state index in [-0.39, 0.29) is 12.5 Å². The number of ether oxygens (including phenoxy) is 2. The number of fused-ring (bicyclic) bond motifs is 1. The van der Waals surface area contributed by atoms with Gasteiger partial charge < -0.3 is 19.7 Å². The zero-order valence-corrected chi connectivity index (χ0v) is 14.6. The van der Waals surface area contributed by atoms with Crippen molar-refractivity contribution in [2.75, 3.05) is 24.6 Å². The second kappa shape index (κ2) is 7.88. The zero-order valence-electron chi connectivity index (χ0n) is 14.6. The van der Waals surface area contributed by atoms with Crippen LogP contribution in [-0.4, -0.2) is 36.7 Å². The third-order valence-electron chi connectivity index (χ3n) is 4.18. The van der Waals surface area contributed by atoms with E-state index in [0.717, 1.165) is 24.5 Å². The second-order valence-electron chi connectivity index (χ2n) is 5.74. The van der Waals surface area contributed by atoms with E-state index in [4.69, 9.17) is 9.47 Å². The number of pyridine rings is 1. The Labute approximate surface area is 147 Å². The van der Waals surface area contributed by atoms with Crippen molar-refractivity contribution >= 4 is 11.7 Å². The van der Waals surface area contributed by atoms with Crippen molar-refractivity contribution in [3.63, 3.8) is 0 Å². The highest BCUT2D eigenvalue weighted by Gasteiger charge is 2.27. The molecule has 0 fully saturated rings. The fourth-order valence-electron chi connectivity index (χ4n) is 2.82. The van der Waals surface area contributed by atoms with Gasteiger partial charge in [0, 0.05) is 31.4 Å². The molecule has 3 rings (SSSR count). The summed E-state index contributed by atoms with van der Waals surface area (Å²) in [4.78, 5) is 19.1. The molecule has 0 bridgehead atoms. The molecule has 0 aliphatic carbocycles. The maximum atomic E-state index is 12.5. The third kappa shape index (κ3) is 3.84. The highest BCUT2D eigenvalue weighted by molar-refractivity contribution is 5.81. The first-order chi connectivity index (χ1) is 12.2. The molecule has 1 amide bonds. The summed E-state index contributed by atoms with van der Waals surface area (Å²) in [7, 11) is 0. The van der Waals surface area contributed by atoms with Crippen LogP contribution in [0.4, 0.5) is 5.82 Å². The molecule has 0 saturated carbocycles. The van der Waals surface area contributed by atoms with Crippen molar-refractivity contribution in [3.05, 3.63) is 48.2 Å². The van der Waals surface area contributed by atoms with Crippen molar-refractivity contribution in [1.82, 2.24) is 10.3 Å². The van der Waals surface area contributed by atoms with E-state index in [2.05, 4.69) is 29.0 Å². The summed E-state index contributed by atoms with van der Waals surface area (Å²) in [6, 6.07) is 11.2. The van der Waals surface area contributed by atoms with Crippen LogP contribution in [0.5, 0.6) is 11.5 Å². The van der Waals surface area contributed by atoms with E-state index in [9.17, 15) is 4.79 Å². The van der Waals surface area contributed by atoms with E-state index in [1.807, 2.05) is 30.3 Å². The number of anilines is 1. The van der Waals surface area contributed by atoms with Crippen molar-refractivity contribution in [1.29, 1.82) is 0 Å². The Morgan fingerprint density at radius 1 is 1.20 bits per heavy atom. The molecule has 2 heterocycles.